The monoisotopic (exact) mass is 430 g/mol. The number of aryl methyl sites for hydroxylation is 1. The van der Waals surface area contributed by atoms with Gasteiger partial charge in [0.15, 0.2) is 6.73 Å². The summed E-state index contributed by atoms with van der Waals surface area (Å²) in [6, 6.07) is 14.8. The van der Waals surface area contributed by atoms with Gasteiger partial charge in [-0.2, -0.15) is 5.10 Å². The van der Waals surface area contributed by atoms with Gasteiger partial charge in [-0.25, -0.2) is 4.39 Å². The number of pyridine rings is 1. The van der Waals surface area contributed by atoms with E-state index in [1.807, 2.05) is 19.3 Å². The summed E-state index contributed by atoms with van der Waals surface area (Å²) in [6.45, 7) is 0.349. The van der Waals surface area contributed by atoms with Gasteiger partial charge in [0.2, 0.25) is 0 Å². The van der Waals surface area contributed by atoms with E-state index in [1.54, 1.807) is 53.5 Å². The summed E-state index contributed by atoms with van der Waals surface area (Å²) in [6.07, 6.45) is 5.26. The summed E-state index contributed by atoms with van der Waals surface area (Å²) in [5, 5.41) is 4.16. The minimum Gasteiger partial charge on any atom is -0.472 e. The summed E-state index contributed by atoms with van der Waals surface area (Å²) in [4.78, 5) is 18.9. The molecule has 32 heavy (non-hydrogen) atoms. The molecule has 1 aliphatic heterocycles. The Hall–Kier alpha value is -4.20. The van der Waals surface area contributed by atoms with Crippen molar-refractivity contribution in [2.45, 2.75) is 6.54 Å². The number of ether oxygens (including phenoxy) is 2. The summed E-state index contributed by atoms with van der Waals surface area (Å²) >= 11 is 0. The molecule has 160 valence electrons. The van der Waals surface area contributed by atoms with Crippen molar-refractivity contribution in [3.05, 3.63) is 90.1 Å². The number of halogens is 1. The number of fused-ring (bicyclic) bond motifs is 1. The predicted octanol–water partition coefficient (Wildman–Crippen LogP) is 4.41. The van der Waals surface area contributed by atoms with E-state index < -0.39 is 0 Å². The molecule has 0 aliphatic carbocycles. The van der Waals surface area contributed by atoms with Gasteiger partial charge in [-0.15, -0.1) is 0 Å². The molecule has 2 aromatic heterocycles. The fourth-order valence-corrected chi connectivity index (χ4v) is 3.54. The Morgan fingerprint density at radius 3 is 2.81 bits per heavy atom. The highest BCUT2D eigenvalue weighted by Crippen LogP contribution is 2.32. The van der Waals surface area contributed by atoms with E-state index in [2.05, 4.69) is 10.1 Å². The molecule has 0 unspecified atom stereocenters. The van der Waals surface area contributed by atoms with Gasteiger partial charge in [0.05, 0.1) is 17.5 Å². The molecule has 0 saturated heterocycles. The first-order chi connectivity index (χ1) is 15.5. The normalized spacial score (nSPS) is 12.9. The summed E-state index contributed by atoms with van der Waals surface area (Å²) in [5.74, 6) is 1.03. The van der Waals surface area contributed by atoms with Gasteiger partial charge in [-0.05, 0) is 42.0 Å². The first-order valence-electron chi connectivity index (χ1n) is 9.99. The van der Waals surface area contributed by atoms with Crippen LogP contribution in [-0.2, 0) is 13.6 Å². The lowest BCUT2D eigenvalue weighted by atomic mass is 10.1. The number of carbonyl (C=O) groups is 1. The standard InChI is InChI=1S/C24H19FN4O3/c1-28-14-17(12-27-28)22-11-20(7-8-26-22)32-19-5-6-23-21(10-19)24(30)29(15-31-23)13-16-3-2-4-18(25)9-16/h2-12,14H,13,15H2,1H3. The highest BCUT2D eigenvalue weighted by atomic mass is 19.1. The Kier molecular flexibility index (Phi) is 5.03. The van der Waals surface area contributed by atoms with Crippen LogP contribution in [0.25, 0.3) is 11.3 Å². The number of carbonyl (C=O) groups excluding carboxylic acids is 1. The first-order valence-corrected chi connectivity index (χ1v) is 9.99. The Labute approximate surface area is 183 Å². The molecule has 0 radical (unpaired) electrons. The molecule has 0 fully saturated rings. The predicted molar refractivity (Wildman–Crippen MR) is 115 cm³/mol. The van der Waals surface area contributed by atoms with E-state index in [0.717, 1.165) is 11.3 Å². The average Bonchev–Trinajstić information content (AvgIpc) is 3.23. The minimum absolute atomic E-state index is 0.0986. The van der Waals surface area contributed by atoms with E-state index >= 15 is 0 Å². The van der Waals surface area contributed by atoms with E-state index in [0.29, 0.717) is 28.4 Å². The fourth-order valence-electron chi connectivity index (χ4n) is 3.54. The molecule has 2 aromatic carbocycles. The quantitative estimate of drug-likeness (QED) is 0.469. The summed E-state index contributed by atoms with van der Waals surface area (Å²) < 4.78 is 26.9. The number of aromatic nitrogens is 3. The fraction of sp³-hybridized carbons (Fsp3) is 0.125. The van der Waals surface area contributed by atoms with Crippen molar-refractivity contribution in [3.63, 3.8) is 0 Å². The molecule has 0 spiro atoms. The third-order valence-electron chi connectivity index (χ3n) is 5.07. The number of hydrogen-bond donors (Lipinski definition) is 0. The Morgan fingerprint density at radius 1 is 1.12 bits per heavy atom. The second kappa shape index (κ2) is 8.14. The van der Waals surface area contributed by atoms with Crippen molar-refractivity contribution >= 4 is 5.91 Å². The van der Waals surface area contributed by atoms with Crippen molar-refractivity contribution < 1.29 is 18.7 Å². The van der Waals surface area contributed by atoms with Crippen LogP contribution in [0.15, 0.2) is 73.2 Å². The largest absolute Gasteiger partial charge is 0.472 e. The van der Waals surface area contributed by atoms with Crippen LogP contribution in [0.1, 0.15) is 15.9 Å². The Bertz CT molecular complexity index is 1300. The van der Waals surface area contributed by atoms with Crippen LogP contribution < -0.4 is 9.47 Å². The van der Waals surface area contributed by atoms with Crippen LogP contribution in [0, 0.1) is 5.82 Å². The maximum Gasteiger partial charge on any atom is 0.260 e. The minimum atomic E-state index is -0.341. The Morgan fingerprint density at radius 2 is 2.00 bits per heavy atom. The van der Waals surface area contributed by atoms with Crippen molar-refractivity contribution in [2.75, 3.05) is 6.73 Å². The highest BCUT2D eigenvalue weighted by Gasteiger charge is 2.26. The Balaban J connectivity index is 1.36. The highest BCUT2D eigenvalue weighted by molar-refractivity contribution is 5.98. The van der Waals surface area contributed by atoms with Crippen molar-refractivity contribution in [1.29, 1.82) is 0 Å². The molecule has 5 rings (SSSR count). The zero-order chi connectivity index (χ0) is 22.1. The lowest BCUT2D eigenvalue weighted by Gasteiger charge is -2.29. The van der Waals surface area contributed by atoms with Crippen LogP contribution in [-0.4, -0.2) is 32.3 Å². The van der Waals surface area contributed by atoms with Gasteiger partial charge in [0, 0.05) is 37.6 Å². The maximum atomic E-state index is 13.5. The topological polar surface area (TPSA) is 69.5 Å². The smallest absolute Gasteiger partial charge is 0.260 e. The number of benzene rings is 2. The number of nitrogens with zero attached hydrogens (tertiary/aromatic N) is 4. The molecule has 0 atom stereocenters. The molecule has 1 aliphatic rings. The third kappa shape index (κ3) is 4.02. The molecule has 0 N–H and O–H groups in total. The molecular weight excluding hydrogens is 411 g/mol. The third-order valence-corrected chi connectivity index (χ3v) is 5.07. The van der Waals surface area contributed by atoms with Crippen molar-refractivity contribution in [2.24, 2.45) is 7.05 Å². The van der Waals surface area contributed by atoms with E-state index in [-0.39, 0.29) is 25.0 Å². The maximum absolute atomic E-state index is 13.5. The van der Waals surface area contributed by atoms with Gasteiger partial charge in [-0.1, -0.05) is 12.1 Å². The van der Waals surface area contributed by atoms with E-state index in [1.165, 1.54) is 17.0 Å². The van der Waals surface area contributed by atoms with E-state index in [9.17, 15) is 9.18 Å². The van der Waals surface area contributed by atoms with Gasteiger partial charge in [0.1, 0.15) is 23.1 Å². The number of rotatable bonds is 5. The second-order valence-electron chi connectivity index (χ2n) is 7.45. The van der Waals surface area contributed by atoms with Crippen LogP contribution in [0.4, 0.5) is 4.39 Å². The van der Waals surface area contributed by atoms with Crippen LogP contribution >= 0.6 is 0 Å². The lowest BCUT2D eigenvalue weighted by molar-refractivity contribution is 0.0497. The zero-order valence-electron chi connectivity index (χ0n) is 17.2. The molecule has 0 saturated carbocycles. The first kappa shape index (κ1) is 19.7. The molecule has 8 heteroatoms. The van der Waals surface area contributed by atoms with Crippen LogP contribution in [0.5, 0.6) is 17.2 Å². The molecule has 7 nitrogen and oxygen atoms in total. The van der Waals surface area contributed by atoms with Crippen LogP contribution in [0.2, 0.25) is 0 Å². The number of hydrogen-bond acceptors (Lipinski definition) is 5. The number of amides is 1. The van der Waals surface area contributed by atoms with Crippen molar-refractivity contribution in [3.8, 4) is 28.5 Å². The van der Waals surface area contributed by atoms with Crippen LogP contribution in [0.3, 0.4) is 0 Å². The molecule has 3 heterocycles. The second-order valence-corrected chi connectivity index (χ2v) is 7.45. The molecular formula is C24H19FN4O3. The lowest BCUT2D eigenvalue weighted by Crippen LogP contribution is -2.38. The van der Waals surface area contributed by atoms with Gasteiger partial charge >= 0.3 is 0 Å². The van der Waals surface area contributed by atoms with E-state index in [4.69, 9.17) is 9.47 Å². The van der Waals surface area contributed by atoms with Crippen molar-refractivity contribution in [1.82, 2.24) is 19.7 Å². The van der Waals surface area contributed by atoms with Gasteiger partial charge < -0.3 is 14.4 Å². The van der Waals surface area contributed by atoms with Gasteiger partial charge in [-0.3, -0.25) is 14.5 Å². The average molecular weight is 430 g/mol. The van der Waals surface area contributed by atoms with Gasteiger partial charge in [0.25, 0.3) is 5.91 Å². The summed E-state index contributed by atoms with van der Waals surface area (Å²) in [7, 11) is 1.84. The molecule has 4 aromatic rings. The zero-order valence-corrected chi connectivity index (χ0v) is 17.2. The molecule has 0 bridgehead atoms. The SMILES string of the molecule is Cn1cc(-c2cc(Oc3ccc4c(c3)C(=O)N(Cc3cccc(F)c3)CO4)ccn2)cn1. The summed E-state index contributed by atoms with van der Waals surface area (Å²) in [5.41, 5.74) is 2.69. The molecule has 1 amide bonds.